The third-order valence-electron chi connectivity index (χ3n) is 6.05. The lowest BCUT2D eigenvalue weighted by atomic mass is 9.91. The summed E-state index contributed by atoms with van der Waals surface area (Å²) in [4.78, 5) is 44.2. The van der Waals surface area contributed by atoms with Gasteiger partial charge in [-0.1, -0.05) is 30.3 Å². The Balaban J connectivity index is 1.29. The first-order chi connectivity index (χ1) is 15.4. The molecule has 0 aromatic heterocycles. The van der Waals surface area contributed by atoms with Gasteiger partial charge in [0, 0.05) is 23.7 Å². The van der Waals surface area contributed by atoms with E-state index in [4.69, 9.17) is 5.11 Å². The molecule has 2 aliphatic heterocycles. The zero-order valence-electron chi connectivity index (χ0n) is 17.6. The van der Waals surface area contributed by atoms with Gasteiger partial charge >= 0.3 is 12.0 Å². The zero-order chi connectivity index (χ0) is 22.7. The van der Waals surface area contributed by atoms with Gasteiger partial charge in [0.25, 0.3) is 0 Å². The minimum absolute atomic E-state index is 0.183. The molecular formula is C24H25N3O5. The predicted octanol–water partition coefficient (Wildman–Crippen LogP) is 3.06. The number of aromatic carboxylic acids is 1. The van der Waals surface area contributed by atoms with Crippen molar-refractivity contribution in [3.05, 3.63) is 65.2 Å². The molecule has 0 unspecified atom stereocenters. The lowest BCUT2D eigenvalue weighted by Gasteiger charge is -2.31. The maximum absolute atomic E-state index is 12.6. The fourth-order valence-corrected chi connectivity index (χ4v) is 4.24. The smallest absolute Gasteiger partial charge is 0.344 e. The molecule has 2 N–H and O–H groups in total. The number of urea groups is 1. The lowest BCUT2D eigenvalue weighted by Crippen LogP contribution is -2.40. The van der Waals surface area contributed by atoms with Crippen LogP contribution < -0.4 is 0 Å². The summed E-state index contributed by atoms with van der Waals surface area (Å²) < 4.78 is 0. The molecule has 0 saturated carbocycles. The molecule has 32 heavy (non-hydrogen) atoms. The Hall–Kier alpha value is -3.52. The first kappa shape index (κ1) is 21.7. The van der Waals surface area contributed by atoms with Gasteiger partial charge in [-0.15, -0.1) is 0 Å². The van der Waals surface area contributed by atoms with Crippen LogP contribution in [0.5, 0.6) is 5.75 Å². The number of rotatable bonds is 7. The Morgan fingerprint density at radius 2 is 1.78 bits per heavy atom. The summed E-state index contributed by atoms with van der Waals surface area (Å²) in [7, 11) is 0. The van der Waals surface area contributed by atoms with Crippen LogP contribution in [0.2, 0.25) is 0 Å². The van der Waals surface area contributed by atoms with Crippen LogP contribution >= 0.6 is 0 Å². The maximum Gasteiger partial charge on any atom is 0.344 e. The van der Waals surface area contributed by atoms with E-state index < -0.39 is 5.97 Å². The van der Waals surface area contributed by atoms with E-state index in [2.05, 4.69) is 4.99 Å². The number of carboxylic acid groups (broad SMARTS) is 1. The number of benzene rings is 2. The van der Waals surface area contributed by atoms with Gasteiger partial charge in [0.1, 0.15) is 11.3 Å². The highest BCUT2D eigenvalue weighted by molar-refractivity contribution is 6.04. The molecule has 2 aliphatic rings. The topological polar surface area (TPSA) is 111 Å². The Labute approximate surface area is 185 Å². The third-order valence-corrected chi connectivity index (χ3v) is 6.05. The second-order valence-electron chi connectivity index (χ2n) is 8.24. The Morgan fingerprint density at radius 3 is 2.47 bits per heavy atom. The molecule has 0 atom stereocenters. The largest absolute Gasteiger partial charge is 0.507 e. The van der Waals surface area contributed by atoms with E-state index in [0.717, 1.165) is 24.1 Å². The number of nitrogens with zero attached hydrogens (tertiary/aromatic N) is 3. The summed E-state index contributed by atoms with van der Waals surface area (Å²) in [5, 5.41) is 18.7. The normalized spacial score (nSPS) is 17.4. The number of carbonyl (C=O) groups is 3. The van der Waals surface area contributed by atoms with Crippen molar-refractivity contribution in [2.45, 2.75) is 19.4 Å². The number of hydrogen-bond donors (Lipinski definition) is 2. The van der Waals surface area contributed by atoms with Crippen LogP contribution in [0, 0.1) is 5.92 Å². The molecule has 8 heteroatoms. The van der Waals surface area contributed by atoms with Crippen molar-refractivity contribution in [2.75, 3.05) is 26.2 Å². The minimum Gasteiger partial charge on any atom is -0.507 e. The standard InChI is InChI=1S/C24H25N3O5/c28-21-7-6-18(12-19(21)23(30)31)22(29)15-26-10-8-17(9-11-26)20-14-27(24(32)25-20)13-16-4-2-1-3-5-16/h1-7,12,17,28H,8-11,13-15H2,(H,30,31). The quantitative estimate of drug-likeness (QED) is 0.647. The molecule has 0 aliphatic carbocycles. The number of Topliss-reactive ketones (excluding diaryl/α,β-unsaturated/α-hetero) is 1. The van der Waals surface area contributed by atoms with Crippen molar-refractivity contribution in [3.8, 4) is 5.75 Å². The first-order valence-electron chi connectivity index (χ1n) is 10.6. The van der Waals surface area contributed by atoms with Crippen LogP contribution in [0.4, 0.5) is 4.79 Å². The summed E-state index contributed by atoms with van der Waals surface area (Å²) in [5.74, 6) is -1.60. The molecule has 0 spiro atoms. The minimum atomic E-state index is -1.27. The van der Waals surface area contributed by atoms with E-state index in [1.165, 1.54) is 18.2 Å². The molecule has 0 bridgehead atoms. The number of aromatic hydroxyl groups is 1. The second kappa shape index (κ2) is 9.32. The average Bonchev–Trinajstić information content (AvgIpc) is 3.15. The summed E-state index contributed by atoms with van der Waals surface area (Å²) >= 11 is 0. The van der Waals surface area contributed by atoms with E-state index in [0.29, 0.717) is 26.2 Å². The first-order valence-corrected chi connectivity index (χ1v) is 10.6. The zero-order valence-corrected chi connectivity index (χ0v) is 17.6. The Bertz CT molecular complexity index is 1060. The lowest BCUT2D eigenvalue weighted by molar-refractivity contribution is 0.0693. The van der Waals surface area contributed by atoms with Crippen molar-refractivity contribution in [3.63, 3.8) is 0 Å². The van der Waals surface area contributed by atoms with E-state index in [1.54, 1.807) is 4.90 Å². The molecule has 4 rings (SSSR count). The Morgan fingerprint density at radius 1 is 1.06 bits per heavy atom. The molecule has 2 amide bonds. The van der Waals surface area contributed by atoms with Crippen LogP contribution in [0.1, 0.15) is 39.1 Å². The van der Waals surface area contributed by atoms with E-state index in [1.807, 2.05) is 35.2 Å². The van der Waals surface area contributed by atoms with Crippen molar-refractivity contribution in [2.24, 2.45) is 10.9 Å². The molecule has 2 aromatic rings. The van der Waals surface area contributed by atoms with Crippen molar-refractivity contribution >= 4 is 23.5 Å². The van der Waals surface area contributed by atoms with Gasteiger partial charge in [-0.05, 0) is 49.7 Å². The predicted molar refractivity (Wildman–Crippen MR) is 118 cm³/mol. The van der Waals surface area contributed by atoms with Crippen molar-refractivity contribution in [1.29, 1.82) is 0 Å². The summed E-state index contributed by atoms with van der Waals surface area (Å²) in [6.07, 6.45) is 1.63. The number of carbonyl (C=O) groups excluding carboxylic acids is 2. The maximum atomic E-state index is 12.6. The number of aliphatic imine (C=N–C) groups is 1. The van der Waals surface area contributed by atoms with Crippen LogP contribution in [-0.2, 0) is 6.54 Å². The summed E-state index contributed by atoms with van der Waals surface area (Å²) in [6.45, 7) is 2.67. The summed E-state index contributed by atoms with van der Waals surface area (Å²) in [6, 6.07) is 13.5. The van der Waals surface area contributed by atoms with Gasteiger partial charge in [-0.25, -0.2) is 14.6 Å². The van der Waals surface area contributed by atoms with Crippen LogP contribution in [0.25, 0.3) is 0 Å². The van der Waals surface area contributed by atoms with Gasteiger partial charge in [0.2, 0.25) is 0 Å². The molecule has 1 saturated heterocycles. The fraction of sp³-hybridized carbons (Fsp3) is 0.333. The molecule has 1 fully saturated rings. The molecule has 166 valence electrons. The van der Waals surface area contributed by atoms with Gasteiger partial charge in [-0.3, -0.25) is 9.69 Å². The van der Waals surface area contributed by atoms with Gasteiger partial charge in [0.15, 0.2) is 5.78 Å². The van der Waals surface area contributed by atoms with E-state index in [-0.39, 0.29) is 41.2 Å². The van der Waals surface area contributed by atoms with Gasteiger partial charge in [-0.2, -0.15) is 0 Å². The highest BCUT2D eigenvalue weighted by Crippen LogP contribution is 2.24. The molecule has 8 nitrogen and oxygen atoms in total. The Kier molecular flexibility index (Phi) is 6.32. The number of carboxylic acids is 1. The number of likely N-dealkylation sites (tertiary alicyclic amines) is 1. The fourth-order valence-electron chi connectivity index (χ4n) is 4.24. The number of piperidine rings is 1. The van der Waals surface area contributed by atoms with Gasteiger partial charge in [0.05, 0.1) is 13.1 Å². The molecule has 0 radical (unpaired) electrons. The number of ketones is 1. The monoisotopic (exact) mass is 435 g/mol. The molecular weight excluding hydrogens is 410 g/mol. The van der Waals surface area contributed by atoms with Crippen molar-refractivity contribution < 1.29 is 24.6 Å². The SMILES string of the molecule is O=C(CN1CCC(C2=NC(=O)N(Cc3ccccc3)C2)CC1)c1ccc(O)c(C(=O)O)c1. The summed E-state index contributed by atoms with van der Waals surface area (Å²) in [5.41, 5.74) is 1.98. The van der Waals surface area contributed by atoms with Crippen molar-refractivity contribution in [1.82, 2.24) is 9.80 Å². The number of phenols is 1. The van der Waals surface area contributed by atoms with E-state index >= 15 is 0 Å². The third kappa shape index (κ3) is 4.86. The molecule has 2 heterocycles. The number of hydrogen-bond acceptors (Lipinski definition) is 5. The highest BCUT2D eigenvalue weighted by atomic mass is 16.4. The average molecular weight is 435 g/mol. The highest BCUT2D eigenvalue weighted by Gasteiger charge is 2.31. The van der Waals surface area contributed by atoms with Crippen LogP contribution in [0.3, 0.4) is 0 Å². The number of amides is 2. The molecule has 2 aromatic carbocycles. The van der Waals surface area contributed by atoms with E-state index in [9.17, 15) is 19.5 Å². The van der Waals surface area contributed by atoms with Crippen LogP contribution in [0.15, 0.2) is 53.5 Å². The second-order valence-corrected chi connectivity index (χ2v) is 8.24. The van der Waals surface area contributed by atoms with Gasteiger partial charge < -0.3 is 15.1 Å². The van der Waals surface area contributed by atoms with Crippen LogP contribution in [-0.4, -0.2) is 69.7 Å².